The van der Waals surface area contributed by atoms with Crippen LogP contribution in [0, 0.1) is 0 Å². The molecular weight excluding hydrogens is 550 g/mol. The van der Waals surface area contributed by atoms with Gasteiger partial charge in [0.2, 0.25) is 10.0 Å². The highest BCUT2D eigenvalue weighted by Crippen LogP contribution is 2.30. The molecule has 0 atom stereocenters. The Hall–Kier alpha value is -2.46. The van der Waals surface area contributed by atoms with E-state index in [1.807, 2.05) is 42.5 Å². The van der Waals surface area contributed by atoms with Crippen molar-refractivity contribution in [2.24, 2.45) is 0 Å². The van der Waals surface area contributed by atoms with Crippen molar-refractivity contribution in [2.75, 3.05) is 25.5 Å². The van der Waals surface area contributed by atoms with E-state index in [4.69, 9.17) is 16.6 Å². The minimum Gasteiger partial charge on any atom is -0.370 e. The van der Waals surface area contributed by atoms with Crippen molar-refractivity contribution in [1.82, 2.24) is 18.9 Å². The average Bonchev–Trinajstić information content (AvgIpc) is 3.22. The predicted octanol–water partition coefficient (Wildman–Crippen LogP) is 6.06. The van der Waals surface area contributed by atoms with Gasteiger partial charge >= 0.3 is 0 Å². The fourth-order valence-corrected chi connectivity index (χ4v) is 5.50. The number of fused-ring (bicyclic) bond motifs is 1. The number of halogens is 2. The molecule has 2 aromatic carbocycles. The van der Waals surface area contributed by atoms with Crippen LogP contribution >= 0.6 is 27.5 Å². The van der Waals surface area contributed by atoms with Crippen molar-refractivity contribution >= 4 is 49.0 Å². The van der Waals surface area contributed by atoms with E-state index >= 15 is 0 Å². The summed E-state index contributed by atoms with van der Waals surface area (Å²) in [6, 6.07) is 16.5. The summed E-state index contributed by atoms with van der Waals surface area (Å²) < 4.78 is 29.8. The first-order valence-corrected chi connectivity index (χ1v) is 13.9. The third-order valence-electron chi connectivity index (χ3n) is 5.79. The molecule has 0 bridgehead atoms. The third kappa shape index (κ3) is 5.53. The molecule has 0 aliphatic carbocycles. The molecule has 0 radical (unpaired) electrons. The molecule has 0 unspecified atom stereocenters. The fourth-order valence-electron chi connectivity index (χ4n) is 3.71. The van der Waals surface area contributed by atoms with Gasteiger partial charge in [0.05, 0.1) is 21.3 Å². The van der Waals surface area contributed by atoms with Crippen LogP contribution in [0.5, 0.6) is 0 Å². The fraction of sp³-hybridized carbons (Fsp3) is 0.280. The lowest BCUT2D eigenvalue weighted by molar-refractivity contribution is 0.465. The van der Waals surface area contributed by atoms with Crippen LogP contribution in [0.25, 0.3) is 16.9 Å². The molecule has 0 spiro atoms. The van der Waals surface area contributed by atoms with Gasteiger partial charge in [-0.05, 0) is 52.0 Å². The quantitative estimate of drug-likeness (QED) is 0.245. The predicted molar refractivity (Wildman–Crippen MR) is 145 cm³/mol. The van der Waals surface area contributed by atoms with E-state index in [1.165, 1.54) is 4.31 Å². The summed E-state index contributed by atoms with van der Waals surface area (Å²) in [5.41, 5.74) is 3.31. The minimum absolute atomic E-state index is 0.305. The van der Waals surface area contributed by atoms with Gasteiger partial charge in [0.1, 0.15) is 5.82 Å². The second-order valence-corrected chi connectivity index (χ2v) is 11.9. The molecule has 2 aromatic heterocycles. The SMILES string of the molecule is CC(C)c1ccc(S(=O)(=O)N(C)CCCNc2cc(-c3ccccc3Cl)nc3c(Br)cnn23)cc1. The lowest BCUT2D eigenvalue weighted by Crippen LogP contribution is -2.29. The molecule has 0 aliphatic rings. The lowest BCUT2D eigenvalue weighted by Gasteiger charge is -2.18. The zero-order valence-electron chi connectivity index (χ0n) is 19.7. The Morgan fingerprint density at radius 1 is 1.14 bits per heavy atom. The highest BCUT2D eigenvalue weighted by Gasteiger charge is 2.20. The van der Waals surface area contributed by atoms with Gasteiger partial charge in [-0.2, -0.15) is 9.61 Å². The van der Waals surface area contributed by atoms with Crippen molar-refractivity contribution in [1.29, 1.82) is 0 Å². The molecule has 0 aliphatic heterocycles. The molecule has 0 fully saturated rings. The summed E-state index contributed by atoms with van der Waals surface area (Å²) in [7, 11) is -1.94. The largest absolute Gasteiger partial charge is 0.370 e. The number of benzene rings is 2. The van der Waals surface area contributed by atoms with Gasteiger partial charge in [0.15, 0.2) is 5.65 Å². The van der Waals surface area contributed by atoms with Gasteiger partial charge in [-0.25, -0.2) is 17.7 Å². The second-order valence-electron chi connectivity index (χ2n) is 8.57. The first-order valence-electron chi connectivity index (χ1n) is 11.3. The zero-order chi connectivity index (χ0) is 25.2. The molecular formula is C25H27BrClN5O2S. The van der Waals surface area contributed by atoms with Crippen molar-refractivity contribution in [3.05, 3.63) is 75.9 Å². The number of rotatable bonds is 9. The molecule has 7 nitrogen and oxygen atoms in total. The summed E-state index contributed by atoms with van der Waals surface area (Å²) in [6.07, 6.45) is 2.29. The van der Waals surface area contributed by atoms with Crippen LogP contribution in [0.15, 0.2) is 70.2 Å². The second kappa shape index (κ2) is 10.7. The Labute approximate surface area is 219 Å². The third-order valence-corrected chi connectivity index (χ3v) is 8.55. The molecule has 35 heavy (non-hydrogen) atoms. The molecule has 2 heterocycles. The van der Waals surface area contributed by atoms with E-state index in [2.05, 4.69) is 40.2 Å². The van der Waals surface area contributed by atoms with Crippen LogP contribution in [0.3, 0.4) is 0 Å². The van der Waals surface area contributed by atoms with Crippen molar-refractivity contribution in [2.45, 2.75) is 31.1 Å². The average molecular weight is 577 g/mol. The van der Waals surface area contributed by atoms with Gasteiger partial charge in [-0.1, -0.05) is 55.8 Å². The van der Waals surface area contributed by atoms with Gasteiger partial charge in [0.25, 0.3) is 0 Å². The summed E-state index contributed by atoms with van der Waals surface area (Å²) in [5.74, 6) is 1.09. The van der Waals surface area contributed by atoms with Crippen molar-refractivity contribution < 1.29 is 8.42 Å². The van der Waals surface area contributed by atoms with Crippen LogP contribution in [0.2, 0.25) is 5.02 Å². The maximum absolute atomic E-state index is 13.0. The van der Waals surface area contributed by atoms with Gasteiger partial charge < -0.3 is 5.32 Å². The van der Waals surface area contributed by atoms with E-state index in [1.54, 1.807) is 29.9 Å². The molecule has 184 valence electrons. The summed E-state index contributed by atoms with van der Waals surface area (Å²) in [5, 5.41) is 8.38. The molecule has 0 saturated carbocycles. The van der Waals surface area contributed by atoms with Crippen LogP contribution < -0.4 is 5.32 Å². The molecule has 4 aromatic rings. The van der Waals surface area contributed by atoms with E-state index in [0.29, 0.717) is 41.0 Å². The minimum atomic E-state index is -3.55. The van der Waals surface area contributed by atoms with Crippen LogP contribution in [-0.2, 0) is 10.0 Å². The first-order chi connectivity index (χ1) is 16.7. The molecule has 1 N–H and O–H groups in total. The summed E-state index contributed by atoms with van der Waals surface area (Å²) >= 11 is 9.90. The number of sulfonamides is 1. The normalized spacial score (nSPS) is 12.1. The van der Waals surface area contributed by atoms with Crippen LogP contribution in [0.4, 0.5) is 5.82 Å². The van der Waals surface area contributed by atoms with E-state index < -0.39 is 10.0 Å². The number of nitrogens with zero attached hydrogens (tertiary/aromatic N) is 4. The van der Waals surface area contributed by atoms with Gasteiger partial charge in [-0.3, -0.25) is 0 Å². The van der Waals surface area contributed by atoms with E-state index in [9.17, 15) is 8.42 Å². The van der Waals surface area contributed by atoms with Gasteiger partial charge in [0, 0.05) is 36.8 Å². The summed E-state index contributed by atoms with van der Waals surface area (Å²) in [6.45, 7) is 5.08. The first kappa shape index (κ1) is 25.6. The summed E-state index contributed by atoms with van der Waals surface area (Å²) in [4.78, 5) is 5.01. The van der Waals surface area contributed by atoms with E-state index in [-0.39, 0.29) is 0 Å². The topological polar surface area (TPSA) is 79.6 Å². The maximum Gasteiger partial charge on any atom is 0.242 e. The van der Waals surface area contributed by atoms with Crippen LogP contribution in [-0.4, -0.2) is 47.5 Å². The number of hydrogen-bond donors (Lipinski definition) is 1. The molecule has 0 amide bonds. The molecule has 4 rings (SSSR count). The Morgan fingerprint density at radius 3 is 2.54 bits per heavy atom. The monoisotopic (exact) mass is 575 g/mol. The number of aromatic nitrogens is 3. The van der Waals surface area contributed by atoms with E-state index in [0.717, 1.165) is 27.1 Å². The van der Waals surface area contributed by atoms with Gasteiger partial charge in [-0.15, -0.1) is 0 Å². The number of anilines is 1. The highest BCUT2D eigenvalue weighted by molar-refractivity contribution is 9.10. The van der Waals surface area contributed by atoms with Crippen LogP contribution in [0.1, 0.15) is 31.7 Å². The van der Waals surface area contributed by atoms with Crippen molar-refractivity contribution in [3.8, 4) is 11.3 Å². The smallest absolute Gasteiger partial charge is 0.242 e. The number of hydrogen-bond acceptors (Lipinski definition) is 5. The standard InChI is InChI=1S/C25H27BrClN5O2S/c1-17(2)18-9-11-19(12-10-18)35(33,34)31(3)14-6-13-28-24-15-23(20-7-4-5-8-22(20)27)30-25-21(26)16-29-32(24)25/h4-5,7-12,15-17,28H,6,13-14H2,1-3H3. The Bertz CT molecular complexity index is 1440. The number of nitrogens with one attached hydrogen (secondary N) is 1. The molecule has 0 saturated heterocycles. The maximum atomic E-state index is 13.0. The lowest BCUT2D eigenvalue weighted by atomic mass is 10.0. The Morgan fingerprint density at radius 2 is 1.86 bits per heavy atom. The molecule has 10 heteroatoms. The zero-order valence-corrected chi connectivity index (χ0v) is 22.9. The Kier molecular flexibility index (Phi) is 7.80. The van der Waals surface area contributed by atoms with Crippen molar-refractivity contribution in [3.63, 3.8) is 0 Å². The highest BCUT2D eigenvalue weighted by atomic mass is 79.9. The Balaban J connectivity index is 1.46.